The van der Waals surface area contributed by atoms with E-state index in [2.05, 4.69) is 10.3 Å². The zero-order valence-electron chi connectivity index (χ0n) is 13.7. The molecule has 24 heavy (non-hydrogen) atoms. The molecule has 2 rings (SSSR count). The molecule has 0 saturated heterocycles. The van der Waals surface area contributed by atoms with Crippen LogP contribution in [0.15, 0.2) is 15.9 Å². The molecule has 0 bridgehead atoms. The van der Waals surface area contributed by atoms with Gasteiger partial charge in [-0.3, -0.25) is 28.1 Å². The molecule has 0 radical (unpaired) electrons. The van der Waals surface area contributed by atoms with E-state index in [4.69, 9.17) is 4.74 Å². The number of esters is 1. The lowest BCUT2D eigenvalue weighted by atomic mass is 10.2. The highest BCUT2D eigenvalue weighted by Gasteiger charge is 2.17. The summed E-state index contributed by atoms with van der Waals surface area (Å²) in [6.45, 7) is 3.78. The lowest BCUT2D eigenvalue weighted by molar-refractivity contribution is -0.146. The minimum absolute atomic E-state index is 0.175. The van der Waals surface area contributed by atoms with Crippen LogP contribution in [0.4, 0.5) is 0 Å². The first kappa shape index (κ1) is 17.4. The lowest BCUT2D eigenvalue weighted by Gasteiger charge is -2.12. The van der Waals surface area contributed by atoms with E-state index in [0.717, 1.165) is 4.57 Å². The second kappa shape index (κ2) is 7.11. The van der Waals surface area contributed by atoms with Gasteiger partial charge in [-0.05, 0) is 5.92 Å². The third-order valence-electron chi connectivity index (χ3n) is 3.34. The first-order chi connectivity index (χ1) is 11.4. The second-order valence-corrected chi connectivity index (χ2v) is 5.68. The van der Waals surface area contributed by atoms with Gasteiger partial charge in [0, 0.05) is 13.6 Å². The highest BCUT2D eigenvalue weighted by molar-refractivity contribution is 5.74. The summed E-state index contributed by atoms with van der Waals surface area (Å²) in [5, 5.41) is 2.18. The quantitative estimate of drug-likeness (QED) is 0.501. The summed E-state index contributed by atoms with van der Waals surface area (Å²) < 4.78 is 8.75. The average Bonchev–Trinajstić information content (AvgIpc) is 2.96. The van der Waals surface area contributed by atoms with Crippen molar-refractivity contribution in [2.75, 3.05) is 6.54 Å². The van der Waals surface area contributed by atoms with Crippen LogP contribution >= 0.6 is 0 Å². The van der Waals surface area contributed by atoms with Gasteiger partial charge >= 0.3 is 11.7 Å². The van der Waals surface area contributed by atoms with Crippen molar-refractivity contribution in [2.45, 2.75) is 27.1 Å². The molecule has 0 aliphatic rings. The van der Waals surface area contributed by atoms with Crippen molar-refractivity contribution >= 4 is 23.5 Å². The van der Waals surface area contributed by atoms with Gasteiger partial charge < -0.3 is 10.1 Å². The van der Waals surface area contributed by atoms with E-state index < -0.39 is 17.2 Å². The number of aromatic nitrogens is 4. The van der Waals surface area contributed by atoms with E-state index in [0.29, 0.717) is 13.0 Å². The Morgan fingerprint density at radius 3 is 2.75 bits per heavy atom. The fraction of sp³-hybridized carbons (Fsp3) is 0.500. The number of nitrogens with zero attached hydrogens (tertiary/aromatic N) is 4. The van der Waals surface area contributed by atoms with E-state index in [1.807, 2.05) is 13.8 Å². The van der Waals surface area contributed by atoms with Crippen LogP contribution in [-0.2, 0) is 34.6 Å². The Balaban J connectivity index is 2.42. The summed E-state index contributed by atoms with van der Waals surface area (Å²) in [5.74, 6) is -0.475. The Morgan fingerprint density at radius 1 is 1.42 bits per heavy atom. The van der Waals surface area contributed by atoms with Gasteiger partial charge in [0.15, 0.2) is 17.9 Å². The monoisotopic (exact) mass is 337 g/mol. The van der Waals surface area contributed by atoms with Crippen LogP contribution in [0.25, 0.3) is 11.2 Å². The largest absolute Gasteiger partial charge is 0.443 e. The van der Waals surface area contributed by atoms with E-state index in [1.165, 1.54) is 22.5 Å². The molecule has 2 heterocycles. The molecule has 1 amide bonds. The summed E-state index contributed by atoms with van der Waals surface area (Å²) in [4.78, 5) is 50.4. The van der Waals surface area contributed by atoms with E-state index in [-0.39, 0.29) is 30.4 Å². The summed E-state index contributed by atoms with van der Waals surface area (Å²) in [7, 11) is 1.39. The predicted octanol–water partition coefficient (Wildman–Crippen LogP) is -1.20. The zero-order valence-corrected chi connectivity index (χ0v) is 13.7. The van der Waals surface area contributed by atoms with Crippen molar-refractivity contribution in [2.24, 2.45) is 13.0 Å². The van der Waals surface area contributed by atoms with Crippen LogP contribution in [0.1, 0.15) is 13.8 Å². The third kappa shape index (κ3) is 3.36. The molecule has 130 valence electrons. The highest BCUT2D eigenvalue weighted by atomic mass is 16.5. The molecule has 0 aliphatic heterocycles. The number of amides is 1. The van der Waals surface area contributed by atoms with Gasteiger partial charge in [-0.2, -0.15) is 0 Å². The molecule has 0 atom stereocenters. The Kier molecular flexibility index (Phi) is 5.17. The number of carbonyl (C=O) groups excluding carboxylic acids is 2. The van der Waals surface area contributed by atoms with Gasteiger partial charge in [0.05, 0.1) is 0 Å². The molecule has 1 N–H and O–H groups in total. The van der Waals surface area contributed by atoms with Gasteiger partial charge in [-0.15, -0.1) is 0 Å². The number of rotatable bonds is 7. The summed E-state index contributed by atoms with van der Waals surface area (Å²) in [6.07, 6.45) is 1.72. The van der Waals surface area contributed by atoms with Crippen molar-refractivity contribution in [3.05, 3.63) is 27.2 Å². The fourth-order valence-corrected chi connectivity index (χ4v) is 2.25. The SMILES string of the molecule is CC(C)Cn1c(=O)n(C)c(=O)c2c1ncn2COC(=O)CNC=O. The zero-order chi connectivity index (χ0) is 17.9. The van der Waals surface area contributed by atoms with Crippen molar-refractivity contribution in [3.63, 3.8) is 0 Å². The van der Waals surface area contributed by atoms with Gasteiger partial charge in [0.1, 0.15) is 12.9 Å². The summed E-state index contributed by atoms with van der Waals surface area (Å²) in [5.41, 5.74) is -0.541. The van der Waals surface area contributed by atoms with Gasteiger partial charge in [0.25, 0.3) is 5.56 Å². The molecule has 0 aromatic carbocycles. The molecule has 10 nitrogen and oxygen atoms in total. The van der Waals surface area contributed by atoms with Gasteiger partial charge in [-0.1, -0.05) is 13.8 Å². The summed E-state index contributed by atoms with van der Waals surface area (Å²) >= 11 is 0. The van der Waals surface area contributed by atoms with Crippen LogP contribution in [0.2, 0.25) is 0 Å². The number of hydrogen-bond donors (Lipinski definition) is 1. The molecule has 0 saturated carbocycles. The Labute approximate surface area is 136 Å². The van der Waals surface area contributed by atoms with Crippen LogP contribution in [0.5, 0.6) is 0 Å². The number of fused-ring (bicyclic) bond motifs is 1. The van der Waals surface area contributed by atoms with Gasteiger partial charge in [0.2, 0.25) is 6.41 Å². The predicted molar refractivity (Wildman–Crippen MR) is 84.2 cm³/mol. The number of imidazole rings is 1. The van der Waals surface area contributed by atoms with Crippen LogP contribution in [0, 0.1) is 5.92 Å². The second-order valence-electron chi connectivity index (χ2n) is 5.68. The number of ether oxygens (including phenoxy) is 1. The van der Waals surface area contributed by atoms with Crippen molar-refractivity contribution < 1.29 is 14.3 Å². The number of carbonyl (C=O) groups is 2. The Bertz CT molecular complexity index is 876. The normalized spacial score (nSPS) is 11.0. The van der Waals surface area contributed by atoms with Crippen molar-refractivity contribution in [1.29, 1.82) is 0 Å². The van der Waals surface area contributed by atoms with Crippen LogP contribution in [-0.4, -0.2) is 37.6 Å². The average molecular weight is 337 g/mol. The van der Waals surface area contributed by atoms with E-state index >= 15 is 0 Å². The lowest BCUT2D eigenvalue weighted by Crippen LogP contribution is -2.39. The number of hydrogen-bond acceptors (Lipinski definition) is 6. The standard InChI is InChI=1S/C14H19N5O5/c1-9(2)5-19-12-11(13(22)17(3)14(19)23)18(6-16-12)8-24-10(21)4-15-7-20/h6-7,9H,4-5,8H2,1-3H3,(H,15,20). The highest BCUT2D eigenvalue weighted by Crippen LogP contribution is 2.09. The molecule has 0 unspecified atom stereocenters. The Hall–Kier alpha value is -2.91. The molecule has 2 aromatic heterocycles. The van der Waals surface area contributed by atoms with Crippen molar-refractivity contribution in [3.8, 4) is 0 Å². The molecule has 0 aliphatic carbocycles. The molecule has 10 heteroatoms. The molecule has 0 fully saturated rings. The maximum Gasteiger partial charge on any atom is 0.332 e. The topological polar surface area (TPSA) is 117 Å². The maximum atomic E-state index is 12.4. The van der Waals surface area contributed by atoms with Crippen LogP contribution < -0.4 is 16.6 Å². The smallest absolute Gasteiger partial charge is 0.332 e. The van der Waals surface area contributed by atoms with Crippen LogP contribution in [0.3, 0.4) is 0 Å². The minimum Gasteiger partial charge on any atom is -0.443 e. The first-order valence-electron chi connectivity index (χ1n) is 7.34. The van der Waals surface area contributed by atoms with Gasteiger partial charge in [-0.25, -0.2) is 9.78 Å². The molecular formula is C14H19N5O5. The number of nitrogens with one attached hydrogen (secondary N) is 1. The fourth-order valence-electron chi connectivity index (χ4n) is 2.25. The first-order valence-corrected chi connectivity index (χ1v) is 7.34. The Morgan fingerprint density at radius 2 is 2.12 bits per heavy atom. The molecular weight excluding hydrogens is 318 g/mol. The minimum atomic E-state index is -0.656. The molecule has 2 aromatic rings. The van der Waals surface area contributed by atoms with E-state index in [1.54, 1.807) is 0 Å². The maximum absolute atomic E-state index is 12.4. The van der Waals surface area contributed by atoms with E-state index in [9.17, 15) is 19.2 Å². The third-order valence-corrected chi connectivity index (χ3v) is 3.34. The summed E-state index contributed by atoms with van der Waals surface area (Å²) in [6, 6.07) is 0. The molecule has 0 spiro atoms. The van der Waals surface area contributed by atoms with Crippen molar-refractivity contribution in [1.82, 2.24) is 24.0 Å².